The fourth-order valence-corrected chi connectivity index (χ4v) is 2.90. The van der Waals surface area contributed by atoms with E-state index in [-0.39, 0.29) is 5.15 Å². The number of aromatic amines is 1. The molecule has 0 radical (unpaired) electrons. The number of aliphatic hydroxyl groups is 1. The van der Waals surface area contributed by atoms with E-state index in [9.17, 15) is 9.90 Å². The standard InChI is InChI=1S/C13H14Cl2N4O3/c14-9-4-10(16-11(9)15)13(21)19-2-1-18-5-7(12(20)17-22)3-8(18)6-19/h3-5,13,16,21-22H,1-2,6H2,(H,17,20). The number of rotatable bonds is 3. The Hall–Kier alpha value is -1.51. The summed E-state index contributed by atoms with van der Waals surface area (Å²) in [6.45, 7) is 1.67. The molecule has 0 aromatic carbocycles. The summed E-state index contributed by atoms with van der Waals surface area (Å²) in [4.78, 5) is 16.1. The number of fused-ring (bicyclic) bond motifs is 1. The number of hydrogen-bond acceptors (Lipinski definition) is 4. The molecule has 0 fully saturated rings. The van der Waals surface area contributed by atoms with Crippen LogP contribution < -0.4 is 5.48 Å². The molecule has 22 heavy (non-hydrogen) atoms. The van der Waals surface area contributed by atoms with Crippen LogP contribution in [0.25, 0.3) is 0 Å². The lowest BCUT2D eigenvalue weighted by molar-refractivity contribution is -0.0181. The Morgan fingerprint density at radius 2 is 2.14 bits per heavy atom. The van der Waals surface area contributed by atoms with Crippen molar-refractivity contribution >= 4 is 29.1 Å². The lowest BCUT2D eigenvalue weighted by atomic mass is 10.2. The SMILES string of the molecule is O=C(NO)c1cc2n(c1)CCN(C(O)c1cc(Cl)c(Cl)[nH]1)C2. The molecule has 1 amide bonds. The lowest BCUT2D eigenvalue weighted by Crippen LogP contribution is -2.36. The first-order chi connectivity index (χ1) is 10.5. The molecule has 2 aromatic heterocycles. The Bertz CT molecular complexity index is 693. The number of amides is 1. The number of nitrogens with zero attached hydrogens (tertiary/aromatic N) is 2. The minimum Gasteiger partial charge on any atom is -0.373 e. The zero-order valence-electron chi connectivity index (χ0n) is 11.4. The third kappa shape index (κ3) is 2.73. The third-order valence-electron chi connectivity index (χ3n) is 3.71. The Kier molecular flexibility index (Phi) is 4.16. The van der Waals surface area contributed by atoms with Crippen LogP contribution in [0.15, 0.2) is 18.3 Å². The van der Waals surface area contributed by atoms with E-state index in [0.29, 0.717) is 35.9 Å². The Balaban J connectivity index is 1.78. The average Bonchev–Trinajstić information content (AvgIpc) is 3.08. The van der Waals surface area contributed by atoms with Gasteiger partial charge in [0, 0.05) is 31.5 Å². The molecule has 1 atom stereocenters. The van der Waals surface area contributed by atoms with E-state index in [1.54, 1.807) is 23.8 Å². The summed E-state index contributed by atoms with van der Waals surface area (Å²) in [6.07, 6.45) is 0.802. The summed E-state index contributed by atoms with van der Waals surface area (Å²) in [5.74, 6) is -0.558. The van der Waals surface area contributed by atoms with Gasteiger partial charge in [0.25, 0.3) is 5.91 Å². The highest BCUT2D eigenvalue weighted by molar-refractivity contribution is 6.41. The maximum absolute atomic E-state index is 11.4. The molecule has 0 spiro atoms. The van der Waals surface area contributed by atoms with Gasteiger partial charge in [-0.25, -0.2) is 5.48 Å². The molecule has 1 aliphatic rings. The number of hydroxylamine groups is 1. The van der Waals surface area contributed by atoms with Crippen LogP contribution in [0.1, 0.15) is 28.0 Å². The van der Waals surface area contributed by atoms with Crippen LogP contribution in [-0.4, -0.2) is 37.2 Å². The molecule has 0 bridgehead atoms. The first-order valence-electron chi connectivity index (χ1n) is 6.59. The fraction of sp³-hybridized carbons (Fsp3) is 0.308. The van der Waals surface area contributed by atoms with Crippen LogP contribution in [0.2, 0.25) is 10.2 Å². The molecule has 0 aliphatic carbocycles. The first-order valence-corrected chi connectivity index (χ1v) is 7.34. The summed E-state index contributed by atoms with van der Waals surface area (Å²) in [7, 11) is 0. The summed E-state index contributed by atoms with van der Waals surface area (Å²) >= 11 is 11.7. The van der Waals surface area contributed by atoms with Crippen molar-refractivity contribution in [3.63, 3.8) is 0 Å². The van der Waals surface area contributed by atoms with E-state index >= 15 is 0 Å². The molecule has 0 saturated heterocycles. The third-order valence-corrected chi connectivity index (χ3v) is 4.41. The number of aliphatic hydroxyl groups excluding tert-OH is 1. The van der Waals surface area contributed by atoms with Crippen molar-refractivity contribution in [1.82, 2.24) is 19.9 Å². The summed E-state index contributed by atoms with van der Waals surface area (Å²) in [5.41, 5.74) is 3.37. The molecule has 3 rings (SSSR count). The number of carbonyl (C=O) groups excluding carboxylic acids is 1. The van der Waals surface area contributed by atoms with E-state index in [4.69, 9.17) is 28.4 Å². The van der Waals surface area contributed by atoms with Gasteiger partial charge in [-0.2, -0.15) is 0 Å². The van der Waals surface area contributed by atoms with Crippen LogP contribution in [0.4, 0.5) is 0 Å². The van der Waals surface area contributed by atoms with Gasteiger partial charge in [-0.05, 0) is 12.1 Å². The second-order valence-electron chi connectivity index (χ2n) is 5.09. The first kappa shape index (κ1) is 15.4. The number of hydrogen-bond donors (Lipinski definition) is 4. The molecule has 9 heteroatoms. The van der Waals surface area contributed by atoms with E-state index in [2.05, 4.69) is 4.98 Å². The number of nitrogens with one attached hydrogen (secondary N) is 2. The van der Waals surface area contributed by atoms with Gasteiger partial charge in [0.05, 0.1) is 16.3 Å². The van der Waals surface area contributed by atoms with Crippen LogP contribution >= 0.6 is 23.2 Å². The molecule has 2 aromatic rings. The zero-order chi connectivity index (χ0) is 15.9. The fourth-order valence-electron chi connectivity index (χ4n) is 2.57. The van der Waals surface area contributed by atoms with E-state index < -0.39 is 12.1 Å². The second-order valence-corrected chi connectivity index (χ2v) is 5.87. The van der Waals surface area contributed by atoms with Gasteiger partial charge in [-0.3, -0.25) is 14.9 Å². The lowest BCUT2D eigenvalue weighted by Gasteiger charge is -2.31. The number of carbonyl (C=O) groups is 1. The van der Waals surface area contributed by atoms with Crippen LogP contribution in [0, 0.1) is 0 Å². The second kappa shape index (κ2) is 5.94. The zero-order valence-corrected chi connectivity index (χ0v) is 12.9. The van der Waals surface area contributed by atoms with Crippen molar-refractivity contribution in [2.24, 2.45) is 0 Å². The van der Waals surface area contributed by atoms with Crippen molar-refractivity contribution in [3.05, 3.63) is 45.5 Å². The minimum absolute atomic E-state index is 0.290. The topological polar surface area (TPSA) is 93.5 Å². The van der Waals surface area contributed by atoms with Crippen LogP contribution in [-0.2, 0) is 13.1 Å². The van der Waals surface area contributed by atoms with Gasteiger partial charge in [0.2, 0.25) is 0 Å². The van der Waals surface area contributed by atoms with E-state index in [1.165, 1.54) is 0 Å². The Morgan fingerprint density at radius 3 is 2.77 bits per heavy atom. The van der Waals surface area contributed by atoms with Gasteiger partial charge >= 0.3 is 0 Å². The molecule has 7 nitrogen and oxygen atoms in total. The molecular formula is C13H14Cl2N4O3. The van der Waals surface area contributed by atoms with E-state index in [0.717, 1.165) is 5.69 Å². The number of H-pyrrole nitrogens is 1. The van der Waals surface area contributed by atoms with Crippen LogP contribution in [0.3, 0.4) is 0 Å². The Morgan fingerprint density at radius 1 is 1.36 bits per heavy atom. The molecular weight excluding hydrogens is 331 g/mol. The van der Waals surface area contributed by atoms with Gasteiger partial charge in [-0.1, -0.05) is 23.2 Å². The summed E-state index contributed by atoms with van der Waals surface area (Å²) in [6, 6.07) is 3.27. The molecule has 0 saturated carbocycles. The van der Waals surface area contributed by atoms with Crippen molar-refractivity contribution in [2.75, 3.05) is 6.54 Å². The quantitative estimate of drug-likeness (QED) is 0.504. The largest absolute Gasteiger partial charge is 0.373 e. The average molecular weight is 345 g/mol. The minimum atomic E-state index is -0.872. The molecule has 3 heterocycles. The smallest absolute Gasteiger partial charge is 0.276 e. The summed E-state index contributed by atoms with van der Waals surface area (Å²) in [5, 5.41) is 19.7. The molecule has 1 aliphatic heterocycles. The molecule has 1 unspecified atom stereocenters. The van der Waals surface area contributed by atoms with Crippen molar-refractivity contribution < 1.29 is 15.1 Å². The highest BCUT2D eigenvalue weighted by Gasteiger charge is 2.26. The number of aromatic nitrogens is 2. The normalized spacial score (nSPS) is 16.4. The van der Waals surface area contributed by atoms with Crippen molar-refractivity contribution in [3.8, 4) is 0 Å². The van der Waals surface area contributed by atoms with Gasteiger partial charge < -0.3 is 14.7 Å². The predicted octanol–water partition coefficient (Wildman–Crippen LogP) is 1.75. The Labute approximate surface area is 136 Å². The maximum atomic E-state index is 11.4. The van der Waals surface area contributed by atoms with Crippen molar-refractivity contribution in [2.45, 2.75) is 19.3 Å². The monoisotopic (exact) mass is 344 g/mol. The molecule has 118 valence electrons. The van der Waals surface area contributed by atoms with E-state index in [1.807, 2.05) is 9.47 Å². The molecule has 4 N–H and O–H groups in total. The summed E-state index contributed by atoms with van der Waals surface area (Å²) < 4.78 is 1.92. The predicted molar refractivity (Wildman–Crippen MR) is 79.9 cm³/mol. The highest BCUT2D eigenvalue weighted by Crippen LogP contribution is 2.29. The highest BCUT2D eigenvalue weighted by atomic mass is 35.5. The van der Waals surface area contributed by atoms with Crippen LogP contribution in [0.5, 0.6) is 0 Å². The van der Waals surface area contributed by atoms with Gasteiger partial charge in [-0.15, -0.1) is 0 Å². The van der Waals surface area contributed by atoms with Gasteiger partial charge in [0.15, 0.2) is 0 Å². The number of halogens is 2. The maximum Gasteiger partial charge on any atom is 0.276 e. The van der Waals surface area contributed by atoms with Gasteiger partial charge in [0.1, 0.15) is 11.4 Å². The van der Waals surface area contributed by atoms with Crippen molar-refractivity contribution in [1.29, 1.82) is 0 Å².